The molecule has 0 saturated carbocycles. The smallest absolute Gasteiger partial charge is 0.248 e. The lowest BCUT2D eigenvalue weighted by atomic mass is 10.1. The third kappa shape index (κ3) is 5.37. The zero-order valence-corrected chi connectivity index (χ0v) is 14.1. The second-order valence-corrected chi connectivity index (χ2v) is 5.80. The fourth-order valence-corrected chi connectivity index (χ4v) is 2.11. The minimum absolute atomic E-state index is 0.537. The molecule has 1 aromatic heterocycles. The van der Waals surface area contributed by atoms with Gasteiger partial charge >= 0.3 is 0 Å². The van der Waals surface area contributed by atoms with E-state index in [1.54, 1.807) is 0 Å². The summed E-state index contributed by atoms with van der Waals surface area (Å²) in [6.45, 7) is 6.45. The fourth-order valence-electron chi connectivity index (χ4n) is 2.11. The summed E-state index contributed by atoms with van der Waals surface area (Å²) < 4.78 is 5.80. The van der Waals surface area contributed by atoms with Crippen molar-refractivity contribution in [2.24, 2.45) is 5.92 Å². The van der Waals surface area contributed by atoms with Gasteiger partial charge in [0.05, 0.1) is 0 Å². The van der Waals surface area contributed by atoms with Gasteiger partial charge in [-0.3, -0.25) is 0 Å². The number of nitrogens with zero attached hydrogens (tertiary/aromatic N) is 2. The third-order valence-electron chi connectivity index (χ3n) is 3.36. The van der Waals surface area contributed by atoms with Crippen LogP contribution in [-0.4, -0.2) is 10.2 Å². The lowest BCUT2D eigenvalue weighted by molar-refractivity contribution is 0.554. The Kier molecular flexibility index (Phi) is 6.55. The first-order valence-electron chi connectivity index (χ1n) is 8.09. The number of allylic oxidation sites excluding steroid dienone is 6. The molecule has 23 heavy (non-hydrogen) atoms. The lowest BCUT2D eigenvalue weighted by Crippen LogP contribution is -1.83. The third-order valence-corrected chi connectivity index (χ3v) is 3.36. The van der Waals surface area contributed by atoms with Gasteiger partial charge in [-0.15, -0.1) is 10.2 Å². The highest BCUT2D eigenvalue weighted by atomic mass is 16.4. The van der Waals surface area contributed by atoms with E-state index in [-0.39, 0.29) is 0 Å². The number of hydrogen-bond acceptors (Lipinski definition) is 3. The molecule has 3 heteroatoms. The van der Waals surface area contributed by atoms with Gasteiger partial charge in [0.1, 0.15) is 0 Å². The first kappa shape index (κ1) is 16.9. The summed E-state index contributed by atoms with van der Waals surface area (Å²) in [6.07, 6.45) is 12.5. The van der Waals surface area contributed by atoms with Crippen LogP contribution in [0.15, 0.2) is 65.1 Å². The molecule has 0 spiro atoms. The van der Waals surface area contributed by atoms with Crippen molar-refractivity contribution in [3.63, 3.8) is 0 Å². The van der Waals surface area contributed by atoms with Crippen LogP contribution in [0.2, 0.25) is 0 Å². The van der Waals surface area contributed by atoms with E-state index in [0.717, 1.165) is 23.5 Å². The molecular weight excluding hydrogens is 284 g/mol. The average molecular weight is 308 g/mol. The predicted molar refractivity (Wildman–Crippen MR) is 95.7 cm³/mol. The van der Waals surface area contributed by atoms with Gasteiger partial charge in [-0.25, -0.2) is 0 Å². The molecule has 0 fully saturated rings. The van der Waals surface area contributed by atoms with Crippen LogP contribution >= 0.6 is 0 Å². The topological polar surface area (TPSA) is 38.9 Å². The molecule has 0 atom stereocenters. The molecule has 0 aliphatic carbocycles. The Labute approximate surface area is 138 Å². The van der Waals surface area contributed by atoms with E-state index in [2.05, 4.69) is 36.2 Å². The molecule has 0 aliphatic rings. The fraction of sp³-hybridized carbons (Fsp3) is 0.300. The summed E-state index contributed by atoms with van der Waals surface area (Å²) >= 11 is 0. The number of rotatable bonds is 7. The van der Waals surface area contributed by atoms with Crippen molar-refractivity contribution < 1.29 is 4.42 Å². The van der Waals surface area contributed by atoms with Crippen LogP contribution in [-0.2, 0) is 0 Å². The van der Waals surface area contributed by atoms with Crippen LogP contribution in [0.3, 0.4) is 0 Å². The predicted octanol–water partition coefficient (Wildman–Crippen LogP) is 5.69. The maximum atomic E-state index is 5.80. The minimum Gasteiger partial charge on any atom is -0.416 e. The Morgan fingerprint density at radius 2 is 1.96 bits per heavy atom. The standard InChI is InChI=1S/C20H24N2O/c1-4-11-17(13-8-5-7-12-16(2)3)19-21-22-20(23-19)18-14-9-6-10-15-18/h4-6,8-11,13-16H,7,12H2,1-3H3/b8-5-,11-4-,17-13+. The zero-order valence-electron chi connectivity index (χ0n) is 14.1. The van der Waals surface area contributed by atoms with Crippen LogP contribution in [0.4, 0.5) is 0 Å². The normalized spacial score (nSPS) is 12.8. The van der Waals surface area contributed by atoms with E-state index < -0.39 is 0 Å². The Bertz CT molecular complexity index is 679. The molecule has 0 N–H and O–H groups in total. The van der Waals surface area contributed by atoms with E-state index >= 15 is 0 Å². The average Bonchev–Trinajstić information content (AvgIpc) is 3.04. The molecule has 0 unspecified atom stereocenters. The molecule has 1 heterocycles. The lowest BCUT2D eigenvalue weighted by Gasteiger charge is -1.98. The first-order valence-corrected chi connectivity index (χ1v) is 8.09. The van der Waals surface area contributed by atoms with Gasteiger partial charge in [0, 0.05) is 11.1 Å². The van der Waals surface area contributed by atoms with Crippen molar-refractivity contribution in [2.45, 2.75) is 33.6 Å². The molecule has 120 valence electrons. The molecule has 0 bridgehead atoms. The second-order valence-electron chi connectivity index (χ2n) is 5.80. The van der Waals surface area contributed by atoms with Gasteiger partial charge in [0.25, 0.3) is 0 Å². The highest BCUT2D eigenvalue weighted by Crippen LogP contribution is 2.21. The van der Waals surface area contributed by atoms with E-state index in [9.17, 15) is 0 Å². The van der Waals surface area contributed by atoms with Crippen molar-refractivity contribution in [1.29, 1.82) is 0 Å². The minimum atomic E-state index is 0.537. The zero-order chi connectivity index (χ0) is 16.5. The summed E-state index contributed by atoms with van der Waals surface area (Å²) in [4.78, 5) is 0. The maximum Gasteiger partial charge on any atom is 0.248 e. The molecule has 0 radical (unpaired) electrons. The van der Waals surface area contributed by atoms with E-state index in [1.807, 2.05) is 55.5 Å². The van der Waals surface area contributed by atoms with Crippen molar-refractivity contribution in [3.8, 4) is 11.5 Å². The van der Waals surface area contributed by atoms with Crippen LogP contribution < -0.4 is 0 Å². The van der Waals surface area contributed by atoms with Crippen molar-refractivity contribution in [2.75, 3.05) is 0 Å². The summed E-state index contributed by atoms with van der Waals surface area (Å²) in [5.74, 6) is 1.80. The van der Waals surface area contributed by atoms with Gasteiger partial charge in [-0.05, 0) is 43.9 Å². The van der Waals surface area contributed by atoms with Gasteiger partial charge in [0.2, 0.25) is 11.8 Å². The number of benzene rings is 1. The van der Waals surface area contributed by atoms with Gasteiger partial charge in [-0.1, -0.05) is 56.4 Å². The summed E-state index contributed by atoms with van der Waals surface area (Å²) in [6, 6.07) is 9.80. The summed E-state index contributed by atoms with van der Waals surface area (Å²) in [5.41, 5.74) is 1.85. The number of aromatic nitrogens is 2. The molecule has 0 saturated heterocycles. The Hall–Kier alpha value is -2.42. The van der Waals surface area contributed by atoms with Crippen LogP contribution in [0, 0.1) is 5.92 Å². The van der Waals surface area contributed by atoms with E-state index in [4.69, 9.17) is 4.42 Å². The van der Waals surface area contributed by atoms with Crippen LogP contribution in [0.1, 0.15) is 39.5 Å². The van der Waals surface area contributed by atoms with Crippen LogP contribution in [0.5, 0.6) is 0 Å². The molecule has 0 amide bonds. The SMILES string of the molecule is C\C=C/C(=C\C=C/CCC(C)C)c1nnc(-c2ccccc2)o1. The molecule has 1 aromatic carbocycles. The monoisotopic (exact) mass is 308 g/mol. The van der Waals surface area contributed by atoms with E-state index in [0.29, 0.717) is 11.8 Å². The quantitative estimate of drug-likeness (QED) is 0.617. The molecule has 2 rings (SSSR count). The summed E-state index contributed by atoms with van der Waals surface area (Å²) in [7, 11) is 0. The second kappa shape index (κ2) is 8.89. The Balaban J connectivity index is 2.14. The molecule has 2 aromatic rings. The van der Waals surface area contributed by atoms with Crippen molar-refractivity contribution in [3.05, 3.63) is 66.6 Å². The molecule has 3 nitrogen and oxygen atoms in total. The van der Waals surface area contributed by atoms with Gasteiger partial charge in [-0.2, -0.15) is 0 Å². The van der Waals surface area contributed by atoms with E-state index in [1.165, 1.54) is 6.42 Å². The number of hydrogen-bond donors (Lipinski definition) is 0. The first-order chi connectivity index (χ1) is 11.2. The largest absolute Gasteiger partial charge is 0.416 e. The highest BCUT2D eigenvalue weighted by molar-refractivity contribution is 5.70. The maximum absolute atomic E-state index is 5.80. The van der Waals surface area contributed by atoms with Crippen molar-refractivity contribution >= 4 is 5.57 Å². The molecular formula is C20H24N2O. The Morgan fingerprint density at radius 3 is 2.65 bits per heavy atom. The highest BCUT2D eigenvalue weighted by Gasteiger charge is 2.09. The summed E-state index contributed by atoms with van der Waals surface area (Å²) in [5, 5.41) is 8.31. The molecule has 0 aliphatic heterocycles. The van der Waals surface area contributed by atoms with Crippen molar-refractivity contribution in [1.82, 2.24) is 10.2 Å². The van der Waals surface area contributed by atoms with Gasteiger partial charge < -0.3 is 4.42 Å². The Morgan fingerprint density at radius 1 is 1.17 bits per heavy atom. The van der Waals surface area contributed by atoms with Crippen LogP contribution in [0.25, 0.3) is 17.0 Å². The van der Waals surface area contributed by atoms with Gasteiger partial charge in [0.15, 0.2) is 0 Å².